The standard InChI is InChI=1S/C23H38FP2.C5H5.Fe/c1-3-11-23(24)25-18(2)21-16-10-17-22(21)26(19-12-6-4-7-13-19)20-14-8-5-9-15-20;1-2-4-5-3-1;/h10,16-20,23,25H,3-9,11-15H2,1-2H3;1-5H;/q-1;-5;. The van der Waals surface area contributed by atoms with E-state index in [2.05, 4.69) is 32.0 Å². The number of halogens is 1. The second-order valence-corrected chi connectivity index (χ2v) is 14.0. The molecule has 0 amide bonds. The first-order chi connectivity index (χ1) is 15.2. The number of rotatable bonds is 8. The third-order valence-electron chi connectivity index (χ3n) is 7.04. The molecule has 2 fully saturated rings. The Hall–Kier alpha value is 0.00948. The molecule has 2 aromatic rings. The molecule has 0 spiro atoms. The van der Waals surface area contributed by atoms with Gasteiger partial charge >= 0.3 is 0 Å². The molecule has 0 bridgehead atoms. The predicted molar refractivity (Wildman–Crippen MR) is 141 cm³/mol. The molecular weight excluding hydrogens is 473 g/mol. The van der Waals surface area contributed by atoms with E-state index in [1.807, 2.05) is 30.3 Å². The predicted octanol–water partition coefficient (Wildman–Crippen LogP) is 9.42. The fraction of sp³-hybridized carbons (Fsp3) is 0.643. The van der Waals surface area contributed by atoms with Gasteiger partial charge in [0.1, 0.15) is 5.91 Å². The van der Waals surface area contributed by atoms with Gasteiger partial charge in [0, 0.05) is 17.1 Å². The molecule has 3 unspecified atom stereocenters. The van der Waals surface area contributed by atoms with E-state index >= 15 is 0 Å². The van der Waals surface area contributed by atoms with Gasteiger partial charge in [0.2, 0.25) is 0 Å². The summed E-state index contributed by atoms with van der Waals surface area (Å²) in [6.07, 6.45) is 16.1. The Morgan fingerprint density at radius 2 is 1.47 bits per heavy atom. The van der Waals surface area contributed by atoms with Crippen molar-refractivity contribution < 1.29 is 21.5 Å². The molecule has 0 N–H and O–H groups in total. The van der Waals surface area contributed by atoms with Gasteiger partial charge < -0.3 is 30.3 Å². The smallest absolute Gasteiger partial charge is 0.116 e. The van der Waals surface area contributed by atoms with Gasteiger partial charge in [-0.1, -0.05) is 75.3 Å². The van der Waals surface area contributed by atoms with Crippen LogP contribution in [-0.4, -0.2) is 17.2 Å². The Bertz CT molecular complexity index is 651. The largest absolute Gasteiger partial charge is 0.748 e. The first-order valence-electron chi connectivity index (χ1n) is 12.8. The van der Waals surface area contributed by atoms with Crippen LogP contribution in [0.5, 0.6) is 0 Å². The van der Waals surface area contributed by atoms with E-state index in [-0.39, 0.29) is 25.0 Å². The van der Waals surface area contributed by atoms with Gasteiger partial charge in [0.25, 0.3) is 0 Å². The molecule has 0 radical (unpaired) electrons. The van der Waals surface area contributed by atoms with Gasteiger partial charge in [-0.15, -0.1) is 10.9 Å². The van der Waals surface area contributed by atoms with Crippen molar-refractivity contribution in [2.24, 2.45) is 0 Å². The molecule has 4 rings (SSSR count). The van der Waals surface area contributed by atoms with Gasteiger partial charge in [0.05, 0.1) is 0 Å². The molecule has 3 atom stereocenters. The zero-order valence-corrected chi connectivity index (χ0v) is 23.1. The Morgan fingerprint density at radius 3 is 1.94 bits per heavy atom. The summed E-state index contributed by atoms with van der Waals surface area (Å²) >= 11 is 0. The van der Waals surface area contributed by atoms with Crippen LogP contribution in [0.25, 0.3) is 0 Å². The van der Waals surface area contributed by atoms with Crippen molar-refractivity contribution in [3.63, 3.8) is 0 Å². The second-order valence-electron chi connectivity index (χ2n) is 9.46. The zero-order chi connectivity index (χ0) is 21.9. The van der Waals surface area contributed by atoms with E-state index in [1.54, 1.807) is 5.30 Å². The molecule has 4 heteroatoms. The molecule has 2 aliphatic carbocycles. The van der Waals surface area contributed by atoms with E-state index in [4.69, 9.17) is 0 Å². The molecule has 0 nitrogen and oxygen atoms in total. The summed E-state index contributed by atoms with van der Waals surface area (Å²) in [6.45, 7) is 4.38. The first kappa shape index (κ1) is 28.2. The van der Waals surface area contributed by atoms with Crippen molar-refractivity contribution in [1.29, 1.82) is 0 Å². The van der Waals surface area contributed by atoms with Crippen molar-refractivity contribution in [2.45, 2.75) is 114 Å². The van der Waals surface area contributed by atoms with Crippen LogP contribution in [0, 0.1) is 0 Å². The summed E-state index contributed by atoms with van der Waals surface area (Å²) in [5, 5.41) is 1.68. The van der Waals surface area contributed by atoms with Crippen molar-refractivity contribution in [3.05, 3.63) is 54.1 Å². The minimum absolute atomic E-state index is 0. The molecule has 32 heavy (non-hydrogen) atoms. The van der Waals surface area contributed by atoms with E-state index in [0.717, 1.165) is 24.2 Å². The molecule has 186 valence electrons. The van der Waals surface area contributed by atoms with E-state index in [1.165, 1.54) is 69.8 Å². The summed E-state index contributed by atoms with van der Waals surface area (Å²) in [5.74, 6) is -0.603. The van der Waals surface area contributed by atoms with Crippen LogP contribution in [0.1, 0.15) is 102 Å². The van der Waals surface area contributed by atoms with E-state index in [9.17, 15) is 4.39 Å². The normalized spacial score (nSPS) is 20.0. The first-order valence-corrected chi connectivity index (χ1v) is 15.4. The van der Waals surface area contributed by atoms with Crippen molar-refractivity contribution in [1.82, 2.24) is 0 Å². The minimum Gasteiger partial charge on any atom is -0.748 e. The summed E-state index contributed by atoms with van der Waals surface area (Å²) < 4.78 is 14.3. The number of hydrogen-bond donors (Lipinski definition) is 0. The van der Waals surface area contributed by atoms with Gasteiger partial charge in [0.15, 0.2) is 0 Å². The zero-order valence-electron chi connectivity index (χ0n) is 20.1. The molecule has 0 aromatic heterocycles. The Morgan fingerprint density at radius 1 is 0.969 bits per heavy atom. The average Bonchev–Trinajstić information content (AvgIpc) is 3.51. The maximum atomic E-state index is 14.3. The molecule has 2 aliphatic rings. The summed E-state index contributed by atoms with van der Waals surface area (Å²) in [7, 11) is 0.373. The number of hydrogen-bond acceptors (Lipinski definition) is 0. The van der Waals surface area contributed by atoms with Crippen molar-refractivity contribution in [3.8, 4) is 0 Å². The second kappa shape index (κ2) is 15.8. The van der Waals surface area contributed by atoms with Crippen molar-refractivity contribution >= 4 is 21.8 Å². The van der Waals surface area contributed by atoms with Gasteiger partial charge in [-0.2, -0.15) is 6.07 Å². The van der Waals surface area contributed by atoms with Crippen LogP contribution in [0.2, 0.25) is 0 Å². The maximum absolute atomic E-state index is 14.3. The van der Waals surface area contributed by atoms with Gasteiger partial charge in [-0.25, -0.2) is 16.5 Å². The Kier molecular flexibility index (Phi) is 14.0. The quantitative estimate of drug-likeness (QED) is 0.186. The third kappa shape index (κ3) is 8.66. The minimum atomic E-state index is -0.603. The molecular formula is C28H43FFeP2-6. The average molecular weight is 516 g/mol. The van der Waals surface area contributed by atoms with Crippen LogP contribution in [0.15, 0.2) is 48.5 Å². The van der Waals surface area contributed by atoms with Gasteiger partial charge in [-0.3, -0.25) is 0 Å². The van der Waals surface area contributed by atoms with Crippen LogP contribution in [-0.2, 0) is 17.1 Å². The monoisotopic (exact) mass is 516 g/mol. The van der Waals surface area contributed by atoms with E-state index < -0.39 is 5.91 Å². The molecule has 0 heterocycles. The summed E-state index contributed by atoms with van der Waals surface area (Å²) in [6, 6.07) is 17.1. The third-order valence-corrected chi connectivity index (χ3v) is 12.1. The fourth-order valence-corrected chi connectivity index (χ4v) is 11.1. The van der Waals surface area contributed by atoms with Gasteiger partial charge in [-0.05, 0) is 49.1 Å². The molecule has 2 saturated carbocycles. The van der Waals surface area contributed by atoms with Crippen LogP contribution >= 0.6 is 16.5 Å². The Balaban J connectivity index is 0.000000534. The summed E-state index contributed by atoms with van der Waals surface area (Å²) in [5.41, 5.74) is 3.80. The van der Waals surface area contributed by atoms with Crippen molar-refractivity contribution in [2.75, 3.05) is 0 Å². The van der Waals surface area contributed by atoms with Crippen LogP contribution in [0.4, 0.5) is 4.39 Å². The SMILES string of the molecule is CCCC(F)PC(C)[c-]1cccc1P(C1CCCCC1)C1CCCCC1.[Fe].[cH-]1[cH-][cH-][cH-][cH-]1. The number of alkyl halides is 1. The molecule has 0 saturated heterocycles. The van der Waals surface area contributed by atoms with E-state index in [0.29, 0.717) is 14.2 Å². The van der Waals surface area contributed by atoms with Crippen LogP contribution in [0.3, 0.4) is 0 Å². The maximum Gasteiger partial charge on any atom is 0.116 e. The topological polar surface area (TPSA) is 0 Å². The molecule has 0 aliphatic heterocycles. The summed E-state index contributed by atoms with van der Waals surface area (Å²) in [4.78, 5) is 0. The molecule has 2 aromatic carbocycles. The Labute approximate surface area is 210 Å². The van der Waals surface area contributed by atoms with Crippen LogP contribution < -0.4 is 5.30 Å². The fourth-order valence-electron chi connectivity index (χ4n) is 5.45.